The van der Waals surface area contributed by atoms with Crippen molar-refractivity contribution in [3.63, 3.8) is 0 Å². The quantitative estimate of drug-likeness (QED) is 0.745. The van der Waals surface area contributed by atoms with E-state index in [2.05, 4.69) is 42.9 Å². The van der Waals surface area contributed by atoms with Crippen LogP contribution in [0.5, 0.6) is 0 Å². The number of pyridine rings is 1. The molecule has 68 valence electrons. The molecule has 1 aromatic heterocycles. The molecule has 2 rings (SSSR count). The minimum atomic E-state index is 0.454. The van der Waals surface area contributed by atoms with Gasteiger partial charge in [-0.2, -0.15) is 5.26 Å². The van der Waals surface area contributed by atoms with Crippen LogP contribution in [0.3, 0.4) is 0 Å². The van der Waals surface area contributed by atoms with E-state index in [0.29, 0.717) is 5.69 Å². The van der Waals surface area contributed by atoms with Crippen molar-refractivity contribution in [3.05, 3.63) is 39.0 Å². The molecule has 0 N–H and O–H groups in total. The molecule has 4 heteroatoms. The van der Waals surface area contributed by atoms with Crippen LogP contribution in [0, 0.1) is 11.3 Å². The first-order valence-electron chi connectivity index (χ1n) is 3.86. The fourth-order valence-electron chi connectivity index (χ4n) is 1.27. The van der Waals surface area contributed by atoms with Crippen LogP contribution in [0.25, 0.3) is 10.8 Å². The summed E-state index contributed by atoms with van der Waals surface area (Å²) in [6.45, 7) is 0. The third-order valence-electron chi connectivity index (χ3n) is 1.91. The summed E-state index contributed by atoms with van der Waals surface area (Å²) < 4.78 is 1.88. The van der Waals surface area contributed by atoms with E-state index in [0.717, 1.165) is 19.7 Å². The van der Waals surface area contributed by atoms with Crippen LogP contribution >= 0.6 is 31.9 Å². The maximum atomic E-state index is 8.86. The topological polar surface area (TPSA) is 36.7 Å². The van der Waals surface area contributed by atoms with Crippen molar-refractivity contribution in [2.24, 2.45) is 0 Å². The largest absolute Gasteiger partial charge is 0.244 e. The first-order chi connectivity index (χ1) is 6.72. The maximum absolute atomic E-state index is 8.86. The van der Waals surface area contributed by atoms with Gasteiger partial charge in [-0.25, -0.2) is 4.98 Å². The minimum Gasteiger partial charge on any atom is -0.244 e. The van der Waals surface area contributed by atoms with E-state index in [-0.39, 0.29) is 0 Å². The van der Waals surface area contributed by atoms with Crippen molar-refractivity contribution in [2.45, 2.75) is 0 Å². The zero-order valence-electron chi connectivity index (χ0n) is 6.96. The fraction of sp³-hybridized carbons (Fsp3) is 0. The third-order valence-corrected chi connectivity index (χ3v) is 3.03. The van der Waals surface area contributed by atoms with Crippen LogP contribution in [0.2, 0.25) is 0 Å². The number of hydrogen-bond acceptors (Lipinski definition) is 2. The average molecular weight is 312 g/mol. The lowest BCUT2D eigenvalue weighted by molar-refractivity contribution is 1.28. The minimum absolute atomic E-state index is 0.454. The molecule has 0 aliphatic carbocycles. The first kappa shape index (κ1) is 9.63. The smallest absolute Gasteiger partial charge is 0.148 e. The number of halogens is 2. The predicted molar refractivity (Wildman–Crippen MR) is 61.9 cm³/mol. The normalized spacial score (nSPS) is 10.1. The van der Waals surface area contributed by atoms with E-state index in [9.17, 15) is 0 Å². The van der Waals surface area contributed by atoms with Gasteiger partial charge in [0.15, 0.2) is 0 Å². The Morgan fingerprint density at radius 3 is 2.71 bits per heavy atom. The summed E-state index contributed by atoms with van der Waals surface area (Å²) in [4.78, 5) is 4.03. The molecular weight excluding hydrogens is 308 g/mol. The van der Waals surface area contributed by atoms with Gasteiger partial charge in [0, 0.05) is 25.9 Å². The molecule has 0 radical (unpaired) electrons. The molecule has 1 aromatic carbocycles. The fourth-order valence-corrected chi connectivity index (χ4v) is 2.06. The summed E-state index contributed by atoms with van der Waals surface area (Å²) in [5, 5.41) is 10.7. The number of nitriles is 1. The third kappa shape index (κ3) is 1.54. The van der Waals surface area contributed by atoms with E-state index in [4.69, 9.17) is 5.26 Å². The van der Waals surface area contributed by atoms with Crippen LogP contribution in [0.1, 0.15) is 5.69 Å². The second kappa shape index (κ2) is 3.68. The van der Waals surface area contributed by atoms with Gasteiger partial charge < -0.3 is 0 Å². The number of fused-ring (bicyclic) bond motifs is 1. The van der Waals surface area contributed by atoms with Crippen molar-refractivity contribution in [1.29, 1.82) is 5.26 Å². The molecule has 0 atom stereocenters. The van der Waals surface area contributed by atoms with Crippen molar-refractivity contribution in [3.8, 4) is 6.07 Å². The molecular formula is C10H4Br2N2. The van der Waals surface area contributed by atoms with Crippen LogP contribution in [0.15, 0.2) is 33.3 Å². The van der Waals surface area contributed by atoms with Gasteiger partial charge in [0.25, 0.3) is 0 Å². The molecule has 1 heterocycles. The maximum Gasteiger partial charge on any atom is 0.148 e. The summed E-state index contributed by atoms with van der Waals surface area (Å²) in [7, 11) is 0. The molecule has 14 heavy (non-hydrogen) atoms. The van der Waals surface area contributed by atoms with Gasteiger partial charge in [0.1, 0.15) is 11.8 Å². The summed E-state index contributed by atoms with van der Waals surface area (Å²) >= 11 is 6.79. The second-order valence-electron chi connectivity index (χ2n) is 2.76. The van der Waals surface area contributed by atoms with E-state index >= 15 is 0 Å². The zero-order chi connectivity index (χ0) is 10.1. The molecule has 0 saturated heterocycles. The Bertz CT molecular complexity index is 544. The Kier molecular flexibility index (Phi) is 2.53. The highest BCUT2D eigenvalue weighted by Crippen LogP contribution is 2.27. The van der Waals surface area contributed by atoms with Gasteiger partial charge >= 0.3 is 0 Å². The number of hydrogen-bond donors (Lipinski definition) is 0. The Labute approximate surface area is 97.8 Å². The lowest BCUT2D eigenvalue weighted by atomic mass is 10.1. The molecule has 0 aliphatic heterocycles. The van der Waals surface area contributed by atoms with E-state index in [1.165, 1.54) is 0 Å². The van der Waals surface area contributed by atoms with Gasteiger partial charge in [0.2, 0.25) is 0 Å². The summed E-state index contributed by atoms with van der Waals surface area (Å²) in [5.74, 6) is 0. The van der Waals surface area contributed by atoms with E-state index in [1.54, 1.807) is 6.20 Å². The Morgan fingerprint density at radius 1 is 1.21 bits per heavy atom. The summed E-state index contributed by atoms with van der Waals surface area (Å²) in [6.07, 6.45) is 1.65. The van der Waals surface area contributed by atoms with Crippen LogP contribution in [-0.4, -0.2) is 4.98 Å². The van der Waals surface area contributed by atoms with Crippen LogP contribution in [0.4, 0.5) is 0 Å². The van der Waals surface area contributed by atoms with Crippen molar-refractivity contribution in [1.82, 2.24) is 4.98 Å². The highest BCUT2D eigenvalue weighted by molar-refractivity contribution is 9.11. The van der Waals surface area contributed by atoms with Crippen molar-refractivity contribution in [2.75, 3.05) is 0 Å². The standard InChI is InChI=1S/C10H4Br2N2/c11-6-1-2-7-8(3-6)9(12)5-14-10(7)4-13/h1-3,5H. The zero-order valence-corrected chi connectivity index (χ0v) is 10.1. The van der Waals surface area contributed by atoms with Gasteiger partial charge in [-0.15, -0.1) is 0 Å². The molecule has 0 unspecified atom stereocenters. The van der Waals surface area contributed by atoms with Gasteiger partial charge in [-0.05, 0) is 28.1 Å². The highest BCUT2D eigenvalue weighted by Gasteiger charge is 2.05. The molecule has 2 nitrogen and oxygen atoms in total. The number of rotatable bonds is 0. The van der Waals surface area contributed by atoms with Gasteiger partial charge in [0.05, 0.1) is 0 Å². The molecule has 0 bridgehead atoms. The predicted octanol–water partition coefficient (Wildman–Crippen LogP) is 3.63. The summed E-state index contributed by atoms with van der Waals surface area (Å²) in [6, 6.07) is 7.81. The van der Waals surface area contributed by atoms with Crippen molar-refractivity contribution < 1.29 is 0 Å². The Hall–Kier alpha value is -0.920. The molecule has 0 aliphatic rings. The number of benzene rings is 1. The van der Waals surface area contributed by atoms with E-state index in [1.807, 2.05) is 18.2 Å². The van der Waals surface area contributed by atoms with Gasteiger partial charge in [-0.1, -0.05) is 22.0 Å². The lowest BCUT2D eigenvalue weighted by Gasteiger charge is -2.02. The Balaban J connectivity index is 2.93. The molecule has 0 amide bonds. The molecule has 0 saturated carbocycles. The number of nitrogens with zero attached hydrogens (tertiary/aromatic N) is 2. The second-order valence-corrected chi connectivity index (χ2v) is 4.53. The molecule has 0 fully saturated rings. The first-order valence-corrected chi connectivity index (χ1v) is 5.45. The number of aromatic nitrogens is 1. The van der Waals surface area contributed by atoms with Crippen LogP contribution in [-0.2, 0) is 0 Å². The lowest BCUT2D eigenvalue weighted by Crippen LogP contribution is -1.86. The van der Waals surface area contributed by atoms with Gasteiger partial charge in [-0.3, -0.25) is 0 Å². The molecule has 0 spiro atoms. The van der Waals surface area contributed by atoms with Crippen LogP contribution < -0.4 is 0 Å². The van der Waals surface area contributed by atoms with Crippen molar-refractivity contribution >= 4 is 42.6 Å². The Morgan fingerprint density at radius 2 is 2.00 bits per heavy atom. The molecule has 2 aromatic rings. The SMILES string of the molecule is N#Cc1ncc(Br)c2cc(Br)ccc12. The summed E-state index contributed by atoms with van der Waals surface area (Å²) in [5.41, 5.74) is 0.454. The highest BCUT2D eigenvalue weighted by atomic mass is 79.9. The van der Waals surface area contributed by atoms with E-state index < -0.39 is 0 Å². The average Bonchev–Trinajstić information content (AvgIpc) is 2.19. The monoisotopic (exact) mass is 310 g/mol.